The lowest BCUT2D eigenvalue weighted by molar-refractivity contribution is 0.982. The van der Waals surface area contributed by atoms with Crippen molar-refractivity contribution < 1.29 is 0 Å². The molecule has 0 radical (unpaired) electrons. The highest BCUT2D eigenvalue weighted by atomic mass is 79.9. The van der Waals surface area contributed by atoms with Gasteiger partial charge in [-0.3, -0.25) is 4.40 Å². The van der Waals surface area contributed by atoms with Gasteiger partial charge < -0.3 is 5.32 Å². The summed E-state index contributed by atoms with van der Waals surface area (Å²) in [7, 11) is 0. The first-order valence-corrected chi connectivity index (χ1v) is 7.29. The van der Waals surface area contributed by atoms with Crippen LogP contribution in [0.3, 0.4) is 0 Å². The number of anilines is 1. The molecule has 0 atom stereocenters. The van der Waals surface area contributed by atoms with Crippen LogP contribution in [0.15, 0.2) is 41.4 Å². The summed E-state index contributed by atoms with van der Waals surface area (Å²) in [6.45, 7) is 2.67. The van der Waals surface area contributed by atoms with Gasteiger partial charge in [-0.25, -0.2) is 9.97 Å². The Labute approximate surface area is 129 Å². The molecule has 1 aromatic carbocycles. The molecule has 0 aliphatic heterocycles. The number of imidazole rings is 1. The highest BCUT2D eigenvalue weighted by Gasteiger charge is 2.07. The van der Waals surface area contributed by atoms with E-state index < -0.39 is 0 Å². The van der Waals surface area contributed by atoms with Crippen molar-refractivity contribution >= 4 is 38.9 Å². The zero-order valence-corrected chi connectivity index (χ0v) is 13.1. The van der Waals surface area contributed by atoms with Crippen molar-refractivity contribution in [2.75, 3.05) is 5.32 Å². The Morgan fingerprint density at radius 3 is 2.95 bits per heavy atom. The topological polar surface area (TPSA) is 42.2 Å². The summed E-state index contributed by atoms with van der Waals surface area (Å²) in [5.41, 5.74) is 3.94. The molecule has 20 heavy (non-hydrogen) atoms. The molecule has 0 amide bonds. The molecule has 102 valence electrons. The molecule has 2 heterocycles. The highest BCUT2D eigenvalue weighted by molar-refractivity contribution is 9.10. The standard InChI is InChI=1S/C14H12BrClN4/c1-9-3-2-4-11(16)14(9)19-6-10-5-18-13-7-17-12(15)8-20(10)13/h2-5,7-8,19H,6H2,1H3. The molecule has 6 heteroatoms. The van der Waals surface area contributed by atoms with E-state index in [9.17, 15) is 0 Å². The monoisotopic (exact) mass is 350 g/mol. The van der Waals surface area contributed by atoms with Gasteiger partial charge in [0.2, 0.25) is 0 Å². The molecule has 0 spiro atoms. The van der Waals surface area contributed by atoms with Gasteiger partial charge in [0.25, 0.3) is 0 Å². The highest BCUT2D eigenvalue weighted by Crippen LogP contribution is 2.25. The van der Waals surface area contributed by atoms with E-state index in [0.29, 0.717) is 6.54 Å². The van der Waals surface area contributed by atoms with Gasteiger partial charge in [-0.1, -0.05) is 23.7 Å². The minimum atomic E-state index is 0.641. The summed E-state index contributed by atoms with van der Waals surface area (Å²) < 4.78 is 2.77. The van der Waals surface area contributed by atoms with E-state index in [4.69, 9.17) is 11.6 Å². The summed E-state index contributed by atoms with van der Waals surface area (Å²) in [5, 5.41) is 4.09. The van der Waals surface area contributed by atoms with E-state index in [2.05, 4.69) is 31.2 Å². The Kier molecular flexibility index (Phi) is 3.63. The third kappa shape index (κ3) is 2.51. The van der Waals surface area contributed by atoms with Crippen molar-refractivity contribution in [1.82, 2.24) is 14.4 Å². The van der Waals surface area contributed by atoms with Gasteiger partial charge in [-0.05, 0) is 34.5 Å². The predicted octanol–water partition coefficient (Wildman–Crippen LogP) is 4.07. The SMILES string of the molecule is Cc1cccc(Cl)c1NCc1cnc2cnc(Br)cn12. The second-order valence-electron chi connectivity index (χ2n) is 4.47. The average Bonchev–Trinajstić information content (AvgIpc) is 2.81. The summed E-state index contributed by atoms with van der Waals surface area (Å²) in [4.78, 5) is 8.48. The number of nitrogens with one attached hydrogen (secondary N) is 1. The quantitative estimate of drug-likeness (QED) is 0.773. The number of rotatable bonds is 3. The largest absolute Gasteiger partial charge is 0.378 e. The number of aromatic nitrogens is 3. The Bertz CT molecular complexity index is 749. The number of halogens is 2. The van der Waals surface area contributed by atoms with Crippen molar-refractivity contribution in [3.8, 4) is 0 Å². The molecule has 0 fully saturated rings. The first-order chi connectivity index (χ1) is 9.65. The molecular weight excluding hydrogens is 340 g/mol. The van der Waals surface area contributed by atoms with E-state index in [0.717, 1.165) is 32.2 Å². The molecule has 0 bridgehead atoms. The van der Waals surface area contributed by atoms with Crippen LogP contribution in [0.4, 0.5) is 5.69 Å². The lowest BCUT2D eigenvalue weighted by atomic mass is 10.2. The van der Waals surface area contributed by atoms with E-state index in [-0.39, 0.29) is 0 Å². The Hall–Kier alpha value is -1.59. The van der Waals surface area contributed by atoms with Gasteiger partial charge in [0.15, 0.2) is 5.65 Å². The van der Waals surface area contributed by atoms with Crippen molar-refractivity contribution in [2.45, 2.75) is 13.5 Å². The van der Waals surface area contributed by atoms with Gasteiger partial charge in [-0.2, -0.15) is 0 Å². The van der Waals surface area contributed by atoms with Crippen molar-refractivity contribution in [2.24, 2.45) is 0 Å². The summed E-state index contributed by atoms with van der Waals surface area (Å²) in [5.74, 6) is 0. The minimum Gasteiger partial charge on any atom is -0.378 e. The Balaban J connectivity index is 1.89. The normalized spacial score (nSPS) is 10.9. The summed E-state index contributed by atoms with van der Waals surface area (Å²) in [6.07, 6.45) is 5.47. The van der Waals surface area contributed by atoms with Gasteiger partial charge >= 0.3 is 0 Å². The van der Waals surface area contributed by atoms with Gasteiger partial charge in [0.1, 0.15) is 4.60 Å². The second-order valence-corrected chi connectivity index (χ2v) is 5.69. The van der Waals surface area contributed by atoms with Gasteiger partial charge in [0.05, 0.1) is 35.3 Å². The average molecular weight is 352 g/mol. The van der Waals surface area contributed by atoms with Gasteiger partial charge in [-0.15, -0.1) is 0 Å². The fourth-order valence-corrected chi connectivity index (χ4v) is 2.68. The molecule has 3 rings (SSSR count). The molecule has 0 aliphatic rings. The molecule has 0 unspecified atom stereocenters. The number of benzene rings is 1. The molecule has 4 nitrogen and oxygen atoms in total. The number of nitrogens with zero attached hydrogens (tertiary/aromatic N) is 3. The Morgan fingerprint density at radius 2 is 2.15 bits per heavy atom. The maximum atomic E-state index is 6.21. The number of aryl methyl sites for hydroxylation is 1. The fraction of sp³-hybridized carbons (Fsp3) is 0.143. The molecule has 0 saturated heterocycles. The maximum absolute atomic E-state index is 6.21. The number of fused-ring (bicyclic) bond motifs is 1. The predicted molar refractivity (Wildman–Crippen MR) is 84.2 cm³/mol. The molecule has 0 saturated carbocycles. The molecule has 0 aliphatic carbocycles. The Morgan fingerprint density at radius 1 is 1.30 bits per heavy atom. The van der Waals surface area contributed by atoms with Crippen LogP contribution in [0.1, 0.15) is 11.3 Å². The molecule has 2 aromatic heterocycles. The number of hydrogen-bond acceptors (Lipinski definition) is 3. The molecule has 3 aromatic rings. The fourth-order valence-electron chi connectivity index (χ4n) is 2.08. The van der Waals surface area contributed by atoms with Crippen LogP contribution in [0.2, 0.25) is 5.02 Å². The van der Waals surface area contributed by atoms with Crippen LogP contribution >= 0.6 is 27.5 Å². The zero-order valence-electron chi connectivity index (χ0n) is 10.8. The second kappa shape index (κ2) is 5.42. The van der Waals surface area contributed by atoms with Crippen LogP contribution < -0.4 is 5.32 Å². The first kappa shape index (κ1) is 13.4. The first-order valence-electron chi connectivity index (χ1n) is 6.11. The van der Waals surface area contributed by atoms with Crippen LogP contribution in [-0.4, -0.2) is 14.4 Å². The van der Waals surface area contributed by atoms with E-state index in [1.54, 1.807) is 6.20 Å². The maximum Gasteiger partial charge on any atom is 0.155 e. The summed E-state index contributed by atoms with van der Waals surface area (Å²) >= 11 is 9.58. The lowest BCUT2D eigenvalue weighted by Gasteiger charge is -2.11. The van der Waals surface area contributed by atoms with E-state index in [1.165, 1.54) is 0 Å². The van der Waals surface area contributed by atoms with Crippen molar-refractivity contribution in [1.29, 1.82) is 0 Å². The number of para-hydroxylation sites is 1. The van der Waals surface area contributed by atoms with Crippen molar-refractivity contribution in [3.63, 3.8) is 0 Å². The van der Waals surface area contributed by atoms with Crippen molar-refractivity contribution in [3.05, 3.63) is 57.7 Å². The zero-order chi connectivity index (χ0) is 14.1. The molecular formula is C14H12BrClN4. The van der Waals surface area contributed by atoms with Crippen LogP contribution in [0.25, 0.3) is 5.65 Å². The number of hydrogen-bond donors (Lipinski definition) is 1. The van der Waals surface area contributed by atoms with E-state index >= 15 is 0 Å². The lowest BCUT2D eigenvalue weighted by Crippen LogP contribution is -2.04. The smallest absolute Gasteiger partial charge is 0.155 e. The summed E-state index contributed by atoms with van der Waals surface area (Å²) in [6, 6.07) is 5.86. The third-order valence-electron chi connectivity index (χ3n) is 3.11. The van der Waals surface area contributed by atoms with E-state index in [1.807, 2.05) is 41.9 Å². The van der Waals surface area contributed by atoms with Gasteiger partial charge in [0, 0.05) is 6.20 Å². The van der Waals surface area contributed by atoms with Crippen LogP contribution in [0.5, 0.6) is 0 Å². The molecule has 1 N–H and O–H groups in total. The minimum absolute atomic E-state index is 0.641. The van der Waals surface area contributed by atoms with Crippen LogP contribution in [-0.2, 0) is 6.54 Å². The third-order valence-corrected chi connectivity index (χ3v) is 3.83. The van der Waals surface area contributed by atoms with Crippen LogP contribution in [0, 0.1) is 6.92 Å².